The summed E-state index contributed by atoms with van der Waals surface area (Å²) >= 11 is 1.68. The predicted octanol–water partition coefficient (Wildman–Crippen LogP) is 1.96. The Balaban J connectivity index is 2.52. The highest BCUT2D eigenvalue weighted by Gasteiger charge is 2.18. The van der Waals surface area contributed by atoms with Crippen LogP contribution in [0.5, 0.6) is 0 Å². The van der Waals surface area contributed by atoms with Crippen molar-refractivity contribution in [1.82, 2.24) is 10.3 Å². The Morgan fingerprint density at radius 3 is 2.50 bits per heavy atom. The molecule has 104 valence electrons. The molecule has 1 heterocycles. The lowest BCUT2D eigenvalue weighted by atomic mass is 9.98. The van der Waals surface area contributed by atoms with Crippen molar-refractivity contribution < 1.29 is 8.42 Å². The molecule has 1 unspecified atom stereocenters. The van der Waals surface area contributed by atoms with Gasteiger partial charge in [-0.15, -0.1) is 11.3 Å². The molecule has 0 amide bonds. The van der Waals surface area contributed by atoms with Crippen LogP contribution in [0.25, 0.3) is 0 Å². The second kappa shape index (κ2) is 5.67. The van der Waals surface area contributed by atoms with Crippen molar-refractivity contribution in [2.75, 3.05) is 12.0 Å². The highest BCUT2D eigenvalue weighted by atomic mass is 32.2. The quantitative estimate of drug-likeness (QED) is 0.900. The summed E-state index contributed by atoms with van der Waals surface area (Å²) in [5.41, 5.74) is 0.0707. The maximum Gasteiger partial charge on any atom is 0.148 e. The van der Waals surface area contributed by atoms with Gasteiger partial charge in [0.05, 0.1) is 10.8 Å². The molecule has 1 aromatic heterocycles. The Kier molecular flexibility index (Phi) is 4.91. The maximum atomic E-state index is 11.1. The van der Waals surface area contributed by atoms with E-state index >= 15 is 0 Å². The van der Waals surface area contributed by atoms with Crippen LogP contribution in [0, 0.1) is 0 Å². The lowest BCUT2D eigenvalue weighted by molar-refractivity contribution is 0.562. The van der Waals surface area contributed by atoms with Crippen LogP contribution in [0.4, 0.5) is 0 Å². The molecule has 0 aliphatic heterocycles. The van der Waals surface area contributed by atoms with Crippen molar-refractivity contribution in [3.8, 4) is 0 Å². The topological polar surface area (TPSA) is 59.1 Å². The van der Waals surface area contributed by atoms with Gasteiger partial charge >= 0.3 is 0 Å². The Morgan fingerprint density at radius 1 is 1.44 bits per heavy atom. The van der Waals surface area contributed by atoms with Crippen molar-refractivity contribution in [2.24, 2.45) is 0 Å². The average Bonchev–Trinajstić information content (AvgIpc) is 2.59. The first-order chi connectivity index (χ1) is 8.08. The summed E-state index contributed by atoms with van der Waals surface area (Å²) in [5, 5.41) is 4.32. The van der Waals surface area contributed by atoms with Gasteiger partial charge in [-0.25, -0.2) is 13.4 Å². The zero-order valence-electron chi connectivity index (χ0n) is 11.6. The maximum absolute atomic E-state index is 11.1. The Hall–Kier alpha value is -0.460. The molecule has 1 rings (SSSR count). The third-order valence-electron chi connectivity index (χ3n) is 2.37. The van der Waals surface area contributed by atoms with Gasteiger partial charge < -0.3 is 5.32 Å². The van der Waals surface area contributed by atoms with Crippen molar-refractivity contribution in [3.05, 3.63) is 16.1 Å². The molecular formula is C12H22N2O2S2. The Morgan fingerprint density at radius 2 is 2.06 bits per heavy atom. The highest BCUT2D eigenvalue weighted by molar-refractivity contribution is 7.90. The van der Waals surface area contributed by atoms with E-state index in [0.717, 1.165) is 9.88 Å². The fourth-order valence-electron chi connectivity index (χ4n) is 1.52. The van der Waals surface area contributed by atoms with Crippen LogP contribution < -0.4 is 5.32 Å². The van der Waals surface area contributed by atoms with Crippen molar-refractivity contribution in [3.63, 3.8) is 0 Å². The van der Waals surface area contributed by atoms with E-state index in [4.69, 9.17) is 0 Å². The van der Waals surface area contributed by atoms with Crippen LogP contribution in [-0.4, -0.2) is 31.5 Å². The highest BCUT2D eigenvalue weighted by Crippen LogP contribution is 2.26. The van der Waals surface area contributed by atoms with Gasteiger partial charge in [-0.2, -0.15) is 0 Å². The van der Waals surface area contributed by atoms with Crippen molar-refractivity contribution in [2.45, 2.75) is 45.7 Å². The number of hydrogen-bond donors (Lipinski definition) is 1. The van der Waals surface area contributed by atoms with Crippen LogP contribution in [0.2, 0.25) is 0 Å². The zero-order valence-corrected chi connectivity index (χ0v) is 13.3. The summed E-state index contributed by atoms with van der Waals surface area (Å²) in [7, 11) is -2.92. The number of rotatable bonds is 5. The zero-order chi connectivity index (χ0) is 14.0. The van der Waals surface area contributed by atoms with Crippen molar-refractivity contribution >= 4 is 21.2 Å². The molecule has 0 saturated heterocycles. The first-order valence-corrected chi connectivity index (χ1v) is 8.82. The summed E-state index contributed by atoms with van der Waals surface area (Å²) in [6.45, 7) is 8.96. The lowest BCUT2D eigenvalue weighted by Crippen LogP contribution is -2.31. The SMILES string of the molecule is CC(CS(C)(=O)=O)NCc1cnc(C(C)(C)C)s1. The molecule has 0 saturated carbocycles. The van der Waals surface area contributed by atoms with Gasteiger partial charge in [0.1, 0.15) is 9.84 Å². The minimum Gasteiger partial charge on any atom is -0.308 e. The van der Waals surface area contributed by atoms with Gasteiger partial charge in [-0.1, -0.05) is 20.8 Å². The van der Waals surface area contributed by atoms with Gasteiger partial charge in [-0.05, 0) is 6.92 Å². The Labute approximate surface area is 114 Å². The fraction of sp³-hybridized carbons (Fsp3) is 0.750. The third-order valence-corrected chi connectivity index (χ3v) is 4.90. The van der Waals surface area contributed by atoms with Crippen LogP contribution in [0.1, 0.15) is 37.6 Å². The molecule has 0 radical (unpaired) electrons. The van der Waals surface area contributed by atoms with E-state index in [9.17, 15) is 8.42 Å². The number of sulfone groups is 1. The summed E-state index contributed by atoms with van der Waals surface area (Å²) in [4.78, 5) is 5.54. The molecule has 0 aromatic carbocycles. The summed E-state index contributed by atoms with van der Waals surface area (Å²) in [5.74, 6) is 0.165. The molecule has 4 nitrogen and oxygen atoms in total. The summed E-state index contributed by atoms with van der Waals surface area (Å²) in [6, 6.07) is -0.0415. The second-order valence-electron chi connectivity index (χ2n) is 5.76. The summed E-state index contributed by atoms with van der Waals surface area (Å²) < 4.78 is 22.3. The predicted molar refractivity (Wildman–Crippen MR) is 76.8 cm³/mol. The van der Waals surface area contributed by atoms with Crippen molar-refractivity contribution in [1.29, 1.82) is 0 Å². The van der Waals surface area contributed by atoms with E-state index in [0.29, 0.717) is 6.54 Å². The van der Waals surface area contributed by atoms with Gasteiger partial charge in [0.2, 0.25) is 0 Å². The minimum absolute atomic E-state index is 0.0415. The largest absolute Gasteiger partial charge is 0.308 e. The van der Waals surface area contributed by atoms with Gasteiger partial charge in [0, 0.05) is 35.3 Å². The van der Waals surface area contributed by atoms with Crippen LogP contribution in [0.15, 0.2) is 6.20 Å². The first-order valence-electron chi connectivity index (χ1n) is 5.94. The molecule has 0 fully saturated rings. The van der Waals surface area contributed by atoms with E-state index in [1.165, 1.54) is 6.26 Å². The van der Waals surface area contributed by atoms with Gasteiger partial charge in [0.15, 0.2) is 0 Å². The first kappa shape index (κ1) is 15.6. The lowest BCUT2D eigenvalue weighted by Gasteiger charge is -2.14. The molecule has 1 aromatic rings. The minimum atomic E-state index is -2.92. The van der Waals surface area contributed by atoms with E-state index in [2.05, 4.69) is 31.1 Å². The van der Waals surface area contributed by atoms with Crippen LogP contribution in [0.3, 0.4) is 0 Å². The van der Waals surface area contributed by atoms with E-state index in [1.807, 2.05) is 13.1 Å². The van der Waals surface area contributed by atoms with Gasteiger partial charge in [0.25, 0.3) is 0 Å². The second-order valence-corrected chi connectivity index (χ2v) is 9.06. The smallest absolute Gasteiger partial charge is 0.148 e. The third kappa shape index (κ3) is 5.46. The monoisotopic (exact) mass is 290 g/mol. The van der Waals surface area contributed by atoms with Gasteiger partial charge in [-0.3, -0.25) is 0 Å². The molecule has 0 aliphatic carbocycles. The molecular weight excluding hydrogens is 268 g/mol. The average molecular weight is 290 g/mol. The number of nitrogens with zero attached hydrogens (tertiary/aromatic N) is 1. The molecule has 1 N–H and O–H groups in total. The number of thiazole rings is 1. The van der Waals surface area contributed by atoms with E-state index in [1.54, 1.807) is 11.3 Å². The Bertz CT molecular complexity index is 486. The van der Waals surface area contributed by atoms with E-state index in [-0.39, 0.29) is 17.2 Å². The molecule has 6 heteroatoms. The number of nitrogens with one attached hydrogen (secondary N) is 1. The number of aromatic nitrogens is 1. The molecule has 0 bridgehead atoms. The molecule has 18 heavy (non-hydrogen) atoms. The molecule has 1 atom stereocenters. The van der Waals surface area contributed by atoms with E-state index < -0.39 is 9.84 Å². The number of hydrogen-bond acceptors (Lipinski definition) is 5. The summed E-state index contributed by atoms with van der Waals surface area (Å²) in [6.07, 6.45) is 3.13. The van der Waals surface area contributed by atoms with Crippen LogP contribution >= 0.6 is 11.3 Å². The normalized spacial score (nSPS) is 14.7. The standard InChI is InChI=1S/C12H22N2O2S2/c1-9(8-18(5,15)16)13-6-10-7-14-11(17-10)12(2,3)4/h7,9,13H,6,8H2,1-5H3. The van der Waals surface area contributed by atoms with Crippen LogP contribution in [-0.2, 0) is 21.8 Å². The molecule has 0 aliphatic rings. The fourth-order valence-corrected chi connectivity index (χ4v) is 3.47. The molecule has 0 spiro atoms.